The molecule has 0 unspecified atom stereocenters. The molecule has 108 valence electrons. The van der Waals surface area contributed by atoms with Crippen molar-refractivity contribution in [2.75, 3.05) is 6.54 Å². The van der Waals surface area contributed by atoms with Gasteiger partial charge in [0.15, 0.2) is 0 Å². The summed E-state index contributed by atoms with van der Waals surface area (Å²) in [5, 5.41) is 12.5. The molecule has 21 heavy (non-hydrogen) atoms. The lowest BCUT2D eigenvalue weighted by molar-refractivity contribution is 0.477. The fourth-order valence-electron chi connectivity index (χ4n) is 1.81. The summed E-state index contributed by atoms with van der Waals surface area (Å²) in [5.74, 6) is 1.23. The molecule has 0 aromatic heterocycles. The van der Waals surface area contributed by atoms with Crippen LogP contribution in [0.25, 0.3) is 0 Å². The maximum absolute atomic E-state index is 9.29. The van der Waals surface area contributed by atoms with Crippen LogP contribution in [0.4, 0.5) is 0 Å². The normalized spacial score (nSPS) is 10.2. The Balaban J connectivity index is 2.25. The van der Waals surface area contributed by atoms with Crippen LogP contribution in [0, 0.1) is 11.3 Å². The number of nitriles is 1. The van der Waals surface area contributed by atoms with Gasteiger partial charge in [-0.2, -0.15) is 5.26 Å². The summed E-state index contributed by atoms with van der Waals surface area (Å²) in [7, 11) is 0. The highest BCUT2D eigenvalue weighted by Crippen LogP contribution is 2.33. The van der Waals surface area contributed by atoms with Crippen molar-refractivity contribution in [1.29, 1.82) is 5.26 Å². The first-order valence-corrected chi connectivity index (χ1v) is 8.09. The molecule has 0 aliphatic carbocycles. The van der Waals surface area contributed by atoms with Crippen LogP contribution >= 0.6 is 31.9 Å². The van der Waals surface area contributed by atoms with Crippen molar-refractivity contribution in [1.82, 2.24) is 5.32 Å². The Labute approximate surface area is 141 Å². The van der Waals surface area contributed by atoms with Crippen LogP contribution in [-0.2, 0) is 6.54 Å². The zero-order valence-corrected chi connectivity index (χ0v) is 14.7. The van der Waals surface area contributed by atoms with Crippen molar-refractivity contribution in [2.24, 2.45) is 0 Å². The number of nitrogens with zero attached hydrogens (tertiary/aromatic N) is 1. The predicted octanol–water partition coefficient (Wildman–Crippen LogP) is 4.99. The lowest BCUT2D eigenvalue weighted by Gasteiger charge is -2.11. The number of ether oxygens (including phenoxy) is 1. The molecule has 0 bridgehead atoms. The lowest BCUT2D eigenvalue weighted by atomic mass is 10.1. The van der Waals surface area contributed by atoms with Crippen LogP contribution < -0.4 is 10.1 Å². The molecule has 0 aliphatic rings. The Morgan fingerprint density at radius 3 is 2.57 bits per heavy atom. The van der Waals surface area contributed by atoms with Gasteiger partial charge in [0.05, 0.1) is 10.0 Å². The Morgan fingerprint density at radius 2 is 1.90 bits per heavy atom. The van der Waals surface area contributed by atoms with E-state index in [1.54, 1.807) is 0 Å². The standard InChI is InChI=1S/C16H14Br2N2O/c1-2-20-10-11-3-5-15(12(7-11)9-19)21-16-6-4-13(17)8-14(16)18/h3-8,20H,2,10H2,1H3. The molecule has 5 heteroatoms. The van der Waals surface area contributed by atoms with Gasteiger partial charge < -0.3 is 10.1 Å². The number of benzene rings is 2. The highest BCUT2D eigenvalue weighted by molar-refractivity contribution is 9.11. The van der Waals surface area contributed by atoms with Crippen molar-refractivity contribution in [3.8, 4) is 17.6 Å². The molecule has 0 fully saturated rings. The molecule has 0 saturated heterocycles. The summed E-state index contributed by atoms with van der Waals surface area (Å²) >= 11 is 6.85. The van der Waals surface area contributed by atoms with Gasteiger partial charge in [-0.05, 0) is 58.4 Å². The quantitative estimate of drug-likeness (QED) is 0.756. The van der Waals surface area contributed by atoms with Gasteiger partial charge in [0.25, 0.3) is 0 Å². The van der Waals surface area contributed by atoms with Gasteiger partial charge >= 0.3 is 0 Å². The van der Waals surface area contributed by atoms with Gasteiger partial charge in [-0.3, -0.25) is 0 Å². The number of halogens is 2. The largest absolute Gasteiger partial charge is 0.455 e. The van der Waals surface area contributed by atoms with Crippen molar-refractivity contribution in [3.05, 3.63) is 56.5 Å². The zero-order chi connectivity index (χ0) is 15.2. The third-order valence-electron chi connectivity index (χ3n) is 2.86. The van der Waals surface area contributed by atoms with E-state index >= 15 is 0 Å². The summed E-state index contributed by atoms with van der Waals surface area (Å²) < 4.78 is 7.63. The highest BCUT2D eigenvalue weighted by atomic mass is 79.9. The van der Waals surface area contributed by atoms with E-state index < -0.39 is 0 Å². The first kappa shape index (κ1) is 16.0. The summed E-state index contributed by atoms with van der Waals surface area (Å²) in [4.78, 5) is 0. The Hall–Kier alpha value is -1.35. The second kappa shape index (κ2) is 7.60. The molecular weight excluding hydrogens is 396 g/mol. The Morgan fingerprint density at radius 1 is 1.14 bits per heavy atom. The molecule has 1 N–H and O–H groups in total. The lowest BCUT2D eigenvalue weighted by Crippen LogP contribution is -2.11. The second-order valence-corrected chi connectivity index (χ2v) is 6.17. The van der Waals surface area contributed by atoms with Gasteiger partial charge in [0.2, 0.25) is 0 Å². The van der Waals surface area contributed by atoms with Gasteiger partial charge in [0, 0.05) is 11.0 Å². The van der Waals surface area contributed by atoms with Gasteiger partial charge in [-0.15, -0.1) is 0 Å². The summed E-state index contributed by atoms with van der Waals surface area (Å²) in [6.07, 6.45) is 0. The maximum Gasteiger partial charge on any atom is 0.145 e. The molecule has 0 heterocycles. The van der Waals surface area contributed by atoms with Gasteiger partial charge in [0.1, 0.15) is 17.6 Å². The zero-order valence-electron chi connectivity index (χ0n) is 11.5. The van der Waals surface area contributed by atoms with E-state index in [-0.39, 0.29) is 0 Å². The highest BCUT2D eigenvalue weighted by Gasteiger charge is 2.09. The van der Waals surface area contributed by atoms with Crippen molar-refractivity contribution in [2.45, 2.75) is 13.5 Å². The maximum atomic E-state index is 9.29. The molecule has 0 aliphatic heterocycles. The molecule has 3 nitrogen and oxygen atoms in total. The molecule has 0 saturated carbocycles. The van der Waals surface area contributed by atoms with Gasteiger partial charge in [-0.25, -0.2) is 0 Å². The van der Waals surface area contributed by atoms with Crippen LogP contribution in [-0.4, -0.2) is 6.54 Å². The number of nitrogens with one attached hydrogen (secondary N) is 1. The Kier molecular flexibility index (Phi) is 5.80. The van der Waals surface area contributed by atoms with E-state index in [9.17, 15) is 5.26 Å². The molecular formula is C16H14Br2N2O. The third-order valence-corrected chi connectivity index (χ3v) is 3.97. The summed E-state index contributed by atoms with van der Waals surface area (Å²) in [6.45, 7) is 3.69. The monoisotopic (exact) mass is 408 g/mol. The number of hydrogen-bond donors (Lipinski definition) is 1. The molecule has 2 aromatic rings. The van der Waals surface area contributed by atoms with Crippen molar-refractivity contribution in [3.63, 3.8) is 0 Å². The van der Waals surface area contributed by atoms with Crippen molar-refractivity contribution < 1.29 is 4.74 Å². The Bertz CT molecular complexity index is 680. The average molecular weight is 410 g/mol. The van der Waals surface area contributed by atoms with E-state index in [1.165, 1.54) is 0 Å². The van der Waals surface area contributed by atoms with Crippen molar-refractivity contribution >= 4 is 31.9 Å². The van der Waals surface area contributed by atoms with Crippen LogP contribution in [0.3, 0.4) is 0 Å². The molecule has 2 aromatic carbocycles. The van der Waals surface area contributed by atoms with Crippen LogP contribution in [0.15, 0.2) is 45.3 Å². The molecule has 0 amide bonds. The number of hydrogen-bond acceptors (Lipinski definition) is 3. The molecule has 0 spiro atoms. The van der Waals surface area contributed by atoms with E-state index in [4.69, 9.17) is 4.74 Å². The second-order valence-electron chi connectivity index (χ2n) is 4.40. The van der Waals surface area contributed by atoms with Crippen LogP contribution in [0.5, 0.6) is 11.5 Å². The molecule has 0 atom stereocenters. The first-order chi connectivity index (χ1) is 10.1. The molecule has 0 radical (unpaired) electrons. The smallest absolute Gasteiger partial charge is 0.145 e. The first-order valence-electron chi connectivity index (χ1n) is 6.50. The van der Waals surface area contributed by atoms with E-state index in [0.29, 0.717) is 17.1 Å². The minimum absolute atomic E-state index is 0.528. The minimum Gasteiger partial charge on any atom is -0.455 e. The predicted molar refractivity (Wildman–Crippen MR) is 90.5 cm³/mol. The third kappa shape index (κ3) is 4.31. The van der Waals surface area contributed by atoms with E-state index in [1.807, 2.05) is 43.3 Å². The number of rotatable bonds is 5. The average Bonchev–Trinajstić information content (AvgIpc) is 2.48. The van der Waals surface area contributed by atoms with Gasteiger partial charge in [-0.1, -0.05) is 28.9 Å². The van der Waals surface area contributed by atoms with Crippen LogP contribution in [0.2, 0.25) is 0 Å². The summed E-state index contributed by atoms with van der Waals surface area (Å²) in [5.41, 5.74) is 1.59. The fraction of sp³-hybridized carbons (Fsp3) is 0.188. The van der Waals surface area contributed by atoms with E-state index in [0.717, 1.165) is 27.6 Å². The minimum atomic E-state index is 0.528. The van der Waals surface area contributed by atoms with E-state index in [2.05, 4.69) is 43.2 Å². The summed E-state index contributed by atoms with van der Waals surface area (Å²) in [6, 6.07) is 13.5. The molecule has 2 rings (SSSR count). The van der Waals surface area contributed by atoms with Crippen LogP contribution in [0.1, 0.15) is 18.1 Å². The topological polar surface area (TPSA) is 45.0 Å². The fourth-order valence-corrected chi connectivity index (χ4v) is 2.94. The SMILES string of the molecule is CCNCc1ccc(Oc2ccc(Br)cc2Br)c(C#N)c1.